The van der Waals surface area contributed by atoms with E-state index in [0.29, 0.717) is 0 Å². The number of rotatable bonds is 2. The lowest BCUT2D eigenvalue weighted by Crippen LogP contribution is -2.08. The molecule has 0 aliphatic carbocycles. The molecule has 0 unspecified atom stereocenters. The molecule has 0 fully saturated rings. The minimum Gasteiger partial charge on any atom is -0.381 e. The van der Waals surface area contributed by atoms with Gasteiger partial charge in [-0.25, -0.2) is 4.98 Å². The van der Waals surface area contributed by atoms with Crippen molar-refractivity contribution in [1.82, 2.24) is 4.98 Å². The number of nitrogens with zero attached hydrogens (tertiary/aromatic N) is 1. The molecule has 3 N–H and O–H groups in total. The topological polar surface area (TPSA) is 103 Å². The highest BCUT2D eigenvalue weighted by molar-refractivity contribution is 7.81. The first-order chi connectivity index (χ1) is 5.49. The Hall–Kier alpha value is -1.34. The predicted molar refractivity (Wildman–Crippen MR) is 40.8 cm³/mol. The highest BCUT2D eigenvalue weighted by atomic mass is 32.3. The van der Waals surface area contributed by atoms with E-state index in [2.05, 4.69) is 9.17 Å². The zero-order chi connectivity index (χ0) is 9.19. The summed E-state index contributed by atoms with van der Waals surface area (Å²) in [6.07, 6.45) is 1.37. The van der Waals surface area contributed by atoms with Crippen molar-refractivity contribution < 1.29 is 17.2 Å². The minimum atomic E-state index is -4.52. The standard InChI is InChI=1S/C5H6N2O4S/c6-5-4(2-1-3-7-5)11-12(8,9)10/h1-3H,(H2,6,7)(H,8,9,10). The fourth-order valence-corrected chi connectivity index (χ4v) is 0.955. The van der Waals surface area contributed by atoms with Gasteiger partial charge in [0.2, 0.25) is 0 Å². The summed E-state index contributed by atoms with van der Waals surface area (Å²) in [5.41, 5.74) is 5.22. The molecule has 0 saturated carbocycles. The minimum absolute atomic E-state index is 0.102. The van der Waals surface area contributed by atoms with E-state index >= 15 is 0 Å². The Balaban J connectivity index is 2.98. The van der Waals surface area contributed by atoms with Crippen LogP contribution in [0.2, 0.25) is 0 Å². The number of nitrogens with two attached hydrogens (primary N) is 1. The van der Waals surface area contributed by atoms with Crippen LogP contribution in [0.15, 0.2) is 18.3 Å². The maximum absolute atomic E-state index is 10.2. The third-order valence-electron chi connectivity index (χ3n) is 0.995. The van der Waals surface area contributed by atoms with Gasteiger partial charge in [-0.2, -0.15) is 8.42 Å². The van der Waals surface area contributed by atoms with Crippen LogP contribution in [-0.4, -0.2) is 18.0 Å². The molecule has 12 heavy (non-hydrogen) atoms. The molecule has 7 heteroatoms. The molecule has 0 saturated heterocycles. The van der Waals surface area contributed by atoms with Gasteiger partial charge in [0.15, 0.2) is 11.6 Å². The highest BCUT2D eigenvalue weighted by Crippen LogP contribution is 2.17. The molecule has 0 bridgehead atoms. The Morgan fingerprint density at radius 2 is 2.25 bits per heavy atom. The number of hydrogen-bond acceptors (Lipinski definition) is 5. The fraction of sp³-hybridized carbons (Fsp3) is 0. The van der Waals surface area contributed by atoms with Gasteiger partial charge in [-0.05, 0) is 12.1 Å². The lowest BCUT2D eigenvalue weighted by molar-refractivity contribution is 0.387. The van der Waals surface area contributed by atoms with Crippen molar-refractivity contribution in [2.75, 3.05) is 5.73 Å². The maximum Gasteiger partial charge on any atom is 0.446 e. The van der Waals surface area contributed by atoms with E-state index in [4.69, 9.17) is 10.3 Å². The van der Waals surface area contributed by atoms with Gasteiger partial charge in [0, 0.05) is 6.20 Å². The van der Waals surface area contributed by atoms with Crippen LogP contribution < -0.4 is 9.92 Å². The zero-order valence-corrected chi connectivity index (χ0v) is 6.65. The second kappa shape index (κ2) is 2.95. The molecule has 1 heterocycles. The Labute approximate surface area is 68.9 Å². The molecule has 0 amide bonds. The molecule has 0 aliphatic rings. The molecule has 1 rings (SSSR count). The van der Waals surface area contributed by atoms with Gasteiger partial charge in [-0.1, -0.05) is 0 Å². The normalized spacial score (nSPS) is 11.1. The summed E-state index contributed by atoms with van der Waals surface area (Å²) in [6.45, 7) is 0. The van der Waals surface area contributed by atoms with Crippen LogP contribution >= 0.6 is 0 Å². The van der Waals surface area contributed by atoms with Gasteiger partial charge in [0.05, 0.1) is 0 Å². The molecule has 0 spiro atoms. The molecule has 66 valence electrons. The van der Waals surface area contributed by atoms with E-state index in [9.17, 15) is 8.42 Å². The van der Waals surface area contributed by atoms with E-state index in [0.717, 1.165) is 0 Å². The van der Waals surface area contributed by atoms with Gasteiger partial charge in [0.25, 0.3) is 0 Å². The van der Waals surface area contributed by atoms with E-state index < -0.39 is 10.4 Å². The van der Waals surface area contributed by atoms with Crippen LogP contribution in [0.3, 0.4) is 0 Å². The maximum atomic E-state index is 10.2. The van der Waals surface area contributed by atoms with Crippen LogP contribution in [0.1, 0.15) is 0 Å². The molecule has 6 nitrogen and oxygen atoms in total. The average molecular weight is 190 g/mol. The number of nitrogen functional groups attached to an aromatic ring is 1. The van der Waals surface area contributed by atoms with E-state index in [1.165, 1.54) is 18.3 Å². The van der Waals surface area contributed by atoms with E-state index in [-0.39, 0.29) is 11.6 Å². The number of pyridine rings is 1. The average Bonchev–Trinajstić information content (AvgIpc) is 1.91. The zero-order valence-electron chi connectivity index (χ0n) is 5.84. The summed E-state index contributed by atoms with van der Waals surface area (Å²) < 4.78 is 32.7. The van der Waals surface area contributed by atoms with Gasteiger partial charge in [-0.3, -0.25) is 4.55 Å². The summed E-state index contributed by atoms with van der Waals surface area (Å²) >= 11 is 0. The smallest absolute Gasteiger partial charge is 0.381 e. The molecule has 1 aromatic heterocycles. The lowest BCUT2D eigenvalue weighted by Gasteiger charge is -2.01. The van der Waals surface area contributed by atoms with Crippen LogP contribution in [0, 0.1) is 0 Å². The Morgan fingerprint density at radius 3 is 2.75 bits per heavy atom. The quantitative estimate of drug-likeness (QED) is 0.628. The van der Waals surface area contributed by atoms with E-state index in [1.807, 2.05) is 0 Å². The van der Waals surface area contributed by atoms with Crippen LogP contribution in [-0.2, 0) is 10.4 Å². The summed E-state index contributed by atoms with van der Waals surface area (Å²) in [6, 6.07) is 2.70. The van der Waals surface area contributed by atoms with Crippen molar-refractivity contribution in [3.05, 3.63) is 18.3 Å². The molecule has 0 aliphatic heterocycles. The third-order valence-corrected chi connectivity index (χ3v) is 1.39. The highest BCUT2D eigenvalue weighted by Gasteiger charge is 2.09. The van der Waals surface area contributed by atoms with Gasteiger partial charge in [-0.15, -0.1) is 0 Å². The second-order valence-corrected chi connectivity index (χ2v) is 2.92. The van der Waals surface area contributed by atoms with Gasteiger partial charge < -0.3 is 9.92 Å². The molecular weight excluding hydrogens is 184 g/mol. The first kappa shape index (κ1) is 8.75. The third kappa shape index (κ3) is 2.36. The lowest BCUT2D eigenvalue weighted by atomic mass is 10.4. The Bertz CT molecular complexity index is 375. The van der Waals surface area contributed by atoms with Crippen LogP contribution in [0.4, 0.5) is 5.82 Å². The van der Waals surface area contributed by atoms with E-state index in [1.54, 1.807) is 0 Å². The number of anilines is 1. The fourth-order valence-electron chi connectivity index (χ4n) is 0.587. The van der Waals surface area contributed by atoms with Crippen molar-refractivity contribution >= 4 is 16.2 Å². The molecule has 1 aromatic rings. The summed E-state index contributed by atoms with van der Waals surface area (Å²) in [7, 11) is -4.52. The molecular formula is C5H6N2O4S. The SMILES string of the molecule is Nc1ncccc1OS(=O)(=O)O. The monoisotopic (exact) mass is 190 g/mol. The van der Waals surface area contributed by atoms with Crippen LogP contribution in [0.5, 0.6) is 5.75 Å². The van der Waals surface area contributed by atoms with Crippen molar-refractivity contribution in [1.29, 1.82) is 0 Å². The van der Waals surface area contributed by atoms with Crippen LogP contribution in [0.25, 0.3) is 0 Å². The van der Waals surface area contributed by atoms with Crippen molar-refractivity contribution in [3.63, 3.8) is 0 Å². The largest absolute Gasteiger partial charge is 0.446 e. The van der Waals surface area contributed by atoms with Crippen molar-refractivity contribution in [2.24, 2.45) is 0 Å². The Morgan fingerprint density at radius 1 is 1.58 bits per heavy atom. The van der Waals surface area contributed by atoms with Crippen molar-refractivity contribution in [3.8, 4) is 5.75 Å². The first-order valence-corrected chi connectivity index (χ1v) is 4.23. The second-order valence-electron chi connectivity index (χ2n) is 1.90. The van der Waals surface area contributed by atoms with Crippen molar-refractivity contribution in [2.45, 2.75) is 0 Å². The summed E-state index contributed by atoms with van der Waals surface area (Å²) in [5.74, 6) is -0.296. The molecule has 0 atom stereocenters. The molecule has 0 aromatic carbocycles. The Kier molecular flexibility index (Phi) is 2.15. The number of aromatic nitrogens is 1. The first-order valence-electron chi connectivity index (χ1n) is 2.86. The van der Waals surface area contributed by atoms with Gasteiger partial charge >= 0.3 is 10.4 Å². The summed E-state index contributed by atoms with van der Waals surface area (Å²) in [4.78, 5) is 3.54. The van der Waals surface area contributed by atoms with Gasteiger partial charge in [0.1, 0.15) is 0 Å². The summed E-state index contributed by atoms with van der Waals surface area (Å²) in [5, 5.41) is 0. The molecule has 0 radical (unpaired) electrons. The number of hydrogen-bond donors (Lipinski definition) is 2. The predicted octanol–water partition coefficient (Wildman–Crippen LogP) is -0.155.